The molecular weight excluding hydrogens is 270 g/mol. The van der Waals surface area contributed by atoms with Crippen molar-refractivity contribution in [2.75, 3.05) is 26.2 Å². The van der Waals surface area contributed by atoms with Crippen LogP contribution >= 0.6 is 11.3 Å². The Morgan fingerprint density at radius 3 is 2.90 bits per heavy atom. The van der Waals surface area contributed by atoms with Crippen LogP contribution in [-0.2, 0) is 6.54 Å². The summed E-state index contributed by atoms with van der Waals surface area (Å²) in [6, 6.07) is 1.88. The van der Waals surface area contributed by atoms with E-state index in [1.165, 1.54) is 43.8 Å². The van der Waals surface area contributed by atoms with Gasteiger partial charge in [-0.15, -0.1) is 11.3 Å². The van der Waals surface area contributed by atoms with Gasteiger partial charge in [0.1, 0.15) is 0 Å². The summed E-state index contributed by atoms with van der Waals surface area (Å²) >= 11 is 1.59. The lowest BCUT2D eigenvalue weighted by atomic mass is 9.99. The van der Waals surface area contributed by atoms with E-state index in [4.69, 9.17) is 5.73 Å². The molecule has 0 spiro atoms. The first-order valence-corrected chi connectivity index (χ1v) is 8.33. The summed E-state index contributed by atoms with van der Waals surface area (Å²) in [4.78, 5) is 14.7. The Balaban J connectivity index is 1.56. The number of nitrogens with one attached hydrogen (secondary N) is 1. The SMILES string of the molecule is CC1CCN(CCCNCc2cc(C(N)=O)cs2)CC1. The van der Waals surface area contributed by atoms with Crippen LogP contribution in [0.5, 0.6) is 0 Å². The summed E-state index contributed by atoms with van der Waals surface area (Å²) in [6.07, 6.45) is 3.87. The Morgan fingerprint density at radius 2 is 2.25 bits per heavy atom. The molecule has 2 heterocycles. The van der Waals surface area contributed by atoms with Gasteiger partial charge in [0, 0.05) is 16.8 Å². The number of nitrogens with two attached hydrogens (primary N) is 1. The second-order valence-electron chi connectivity index (χ2n) is 5.72. The quantitative estimate of drug-likeness (QED) is 0.757. The zero-order valence-corrected chi connectivity index (χ0v) is 13.0. The highest BCUT2D eigenvalue weighted by Crippen LogP contribution is 2.16. The van der Waals surface area contributed by atoms with Crippen LogP contribution in [0.25, 0.3) is 0 Å². The van der Waals surface area contributed by atoms with Gasteiger partial charge in [0.25, 0.3) is 0 Å². The van der Waals surface area contributed by atoms with Gasteiger partial charge in [-0.05, 0) is 57.4 Å². The van der Waals surface area contributed by atoms with Gasteiger partial charge in [0.2, 0.25) is 5.91 Å². The Bertz CT molecular complexity index is 425. The number of primary amides is 1. The summed E-state index contributed by atoms with van der Waals surface area (Å²) < 4.78 is 0. The van der Waals surface area contributed by atoms with Crippen molar-refractivity contribution < 1.29 is 4.79 Å². The minimum atomic E-state index is -0.341. The van der Waals surface area contributed by atoms with E-state index in [2.05, 4.69) is 17.1 Å². The van der Waals surface area contributed by atoms with Gasteiger partial charge in [-0.1, -0.05) is 6.92 Å². The van der Waals surface area contributed by atoms with E-state index in [1.807, 2.05) is 11.4 Å². The summed E-state index contributed by atoms with van der Waals surface area (Å²) in [7, 11) is 0. The first-order valence-electron chi connectivity index (χ1n) is 7.45. The largest absolute Gasteiger partial charge is 0.366 e. The van der Waals surface area contributed by atoms with Crippen LogP contribution in [0.1, 0.15) is 41.4 Å². The molecule has 4 nitrogen and oxygen atoms in total. The number of carbonyl (C=O) groups excluding carboxylic acids is 1. The van der Waals surface area contributed by atoms with Crippen molar-refractivity contribution >= 4 is 17.2 Å². The maximum absolute atomic E-state index is 11.0. The summed E-state index contributed by atoms with van der Waals surface area (Å²) in [6.45, 7) is 7.91. The van der Waals surface area contributed by atoms with Crippen molar-refractivity contribution in [3.8, 4) is 0 Å². The standard InChI is InChI=1S/C15H25N3OS/c1-12-3-7-18(8-4-12)6-2-5-17-10-14-9-13(11-20-14)15(16)19/h9,11-12,17H,2-8,10H2,1H3,(H2,16,19). The number of carbonyl (C=O) groups is 1. The molecule has 3 N–H and O–H groups in total. The molecule has 1 aliphatic heterocycles. The zero-order valence-electron chi connectivity index (χ0n) is 12.2. The molecule has 0 radical (unpaired) electrons. The lowest BCUT2D eigenvalue weighted by Crippen LogP contribution is -2.34. The highest BCUT2D eigenvalue weighted by Gasteiger charge is 2.14. The molecule has 0 aliphatic carbocycles. The molecule has 0 atom stereocenters. The van der Waals surface area contributed by atoms with E-state index in [1.54, 1.807) is 11.3 Å². The number of amides is 1. The average molecular weight is 295 g/mol. The molecule has 112 valence electrons. The maximum atomic E-state index is 11.0. The van der Waals surface area contributed by atoms with Crippen LogP contribution in [0.15, 0.2) is 11.4 Å². The van der Waals surface area contributed by atoms with Gasteiger partial charge >= 0.3 is 0 Å². The van der Waals surface area contributed by atoms with Crippen molar-refractivity contribution in [2.24, 2.45) is 11.7 Å². The van der Waals surface area contributed by atoms with Gasteiger partial charge in [-0.2, -0.15) is 0 Å². The molecule has 1 amide bonds. The maximum Gasteiger partial charge on any atom is 0.249 e. The Morgan fingerprint density at radius 1 is 1.50 bits per heavy atom. The van der Waals surface area contributed by atoms with Gasteiger partial charge in [-0.3, -0.25) is 4.79 Å². The number of piperidine rings is 1. The number of rotatable bonds is 7. The molecule has 2 rings (SSSR count). The van der Waals surface area contributed by atoms with Crippen LogP contribution < -0.4 is 11.1 Å². The normalized spacial score (nSPS) is 17.4. The first kappa shape index (κ1) is 15.5. The second kappa shape index (κ2) is 7.76. The fourth-order valence-corrected chi connectivity index (χ4v) is 3.37. The van der Waals surface area contributed by atoms with E-state index < -0.39 is 0 Å². The smallest absolute Gasteiger partial charge is 0.249 e. The third-order valence-corrected chi connectivity index (χ3v) is 4.88. The van der Waals surface area contributed by atoms with Gasteiger partial charge in [0.15, 0.2) is 0 Å². The van der Waals surface area contributed by atoms with Gasteiger partial charge in [-0.25, -0.2) is 0 Å². The number of hydrogen-bond acceptors (Lipinski definition) is 4. The topological polar surface area (TPSA) is 58.4 Å². The summed E-state index contributed by atoms with van der Waals surface area (Å²) in [5, 5.41) is 5.26. The predicted octanol–water partition coefficient (Wildman–Crippen LogP) is 2.06. The van der Waals surface area contributed by atoms with Crippen molar-refractivity contribution in [3.05, 3.63) is 21.9 Å². The molecule has 0 saturated carbocycles. The fourth-order valence-electron chi connectivity index (χ4n) is 2.53. The van der Waals surface area contributed by atoms with Crippen LogP contribution in [0.4, 0.5) is 0 Å². The fraction of sp³-hybridized carbons (Fsp3) is 0.667. The Kier molecular flexibility index (Phi) is 6.01. The molecule has 1 aliphatic rings. The summed E-state index contributed by atoms with van der Waals surface area (Å²) in [5.74, 6) is 0.564. The molecule has 1 aromatic rings. The molecule has 0 bridgehead atoms. The first-order chi connectivity index (χ1) is 9.65. The van der Waals surface area contributed by atoms with Crippen LogP contribution in [0, 0.1) is 5.92 Å². The van der Waals surface area contributed by atoms with E-state index >= 15 is 0 Å². The van der Waals surface area contributed by atoms with Gasteiger partial charge in [0.05, 0.1) is 5.56 Å². The molecule has 0 aromatic carbocycles. The van der Waals surface area contributed by atoms with E-state index in [0.29, 0.717) is 5.56 Å². The van der Waals surface area contributed by atoms with Crippen molar-refractivity contribution in [2.45, 2.75) is 32.7 Å². The van der Waals surface area contributed by atoms with Crippen molar-refractivity contribution in [3.63, 3.8) is 0 Å². The third-order valence-electron chi connectivity index (χ3n) is 3.94. The van der Waals surface area contributed by atoms with Crippen LogP contribution in [0.2, 0.25) is 0 Å². The molecular formula is C15H25N3OS. The molecule has 5 heteroatoms. The van der Waals surface area contributed by atoms with Crippen molar-refractivity contribution in [1.29, 1.82) is 0 Å². The van der Waals surface area contributed by atoms with Crippen LogP contribution in [0.3, 0.4) is 0 Å². The predicted molar refractivity (Wildman–Crippen MR) is 84.0 cm³/mol. The highest BCUT2D eigenvalue weighted by molar-refractivity contribution is 7.10. The van der Waals surface area contributed by atoms with E-state index in [-0.39, 0.29) is 5.91 Å². The number of likely N-dealkylation sites (tertiary alicyclic amines) is 1. The monoisotopic (exact) mass is 295 g/mol. The molecule has 1 saturated heterocycles. The van der Waals surface area contributed by atoms with Crippen molar-refractivity contribution in [1.82, 2.24) is 10.2 Å². The lowest BCUT2D eigenvalue weighted by Gasteiger charge is -2.30. The van der Waals surface area contributed by atoms with Crippen LogP contribution in [-0.4, -0.2) is 37.0 Å². The highest BCUT2D eigenvalue weighted by atomic mass is 32.1. The van der Waals surface area contributed by atoms with E-state index in [0.717, 1.165) is 19.0 Å². The second-order valence-corrected chi connectivity index (χ2v) is 6.72. The van der Waals surface area contributed by atoms with Gasteiger partial charge < -0.3 is 16.0 Å². The van der Waals surface area contributed by atoms with E-state index in [9.17, 15) is 4.79 Å². The summed E-state index contributed by atoms with van der Waals surface area (Å²) in [5.41, 5.74) is 5.86. The average Bonchev–Trinajstić information content (AvgIpc) is 2.89. The zero-order chi connectivity index (χ0) is 14.4. The number of hydrogen-bond donors (Lipinski definition) is 2. The lowest BCUT2D eigenvalue weighted by molar-refractivity contribution is 0.100. The number of thiophene rings is 1. The Labute approximate surface area is 125 Å². The minimum Gasteiger partial charge on any atom is -0.366 e. The minimum absolute atomic E-state index is 0.341. The Hall–Kier alpha value is -0.910. The molecule has 1 aromatic heterocycles. The molecule has 20 heavy (non-hydrogen) atoms. The molecule has 1 fully saturated rings. The number of nitrogens with zero attached hydrogens (tertiary/aromatic N) is 1. The molecule has 0 unspecified atom stereocenters. The third kappa shape index (κ3) is 4.89.